The van der Waals surface area contributed by atoms with Gasteiger partial charge in [-0.1, -0.05) is 81.7 Å². The van der Waals surface area contributed by atoms with Crippen LogP contribution in [0.3, 0.4) is 0 Å². The average Bonchev–Trinajstić information content (AvgIpc) is 3.17. The number of aryl methyl sites for hydroxylation is 1. The summed E-state index contributed by atoms with van der Waals surface area (Å²) in [4.78, 5) is 12.1. The van der Waals surface area contributed by atoms with Crippen molar-refractivity contribution in [1.82, 2.24) is 20.3 Å². The number of benzene rings is 1. The second kappa shape index (κ2) is 15.6. The molecular formula is C26H42N4O. The summed E-state index contributed by atoms with van der Waals surface area (Å²) in [5.74, 6) is 0.0911. The summed E-state index contributed by atoms with van der Waals surface area (Å²) < 4.78 is 1.74. The van der Waals surface area contributed by atoms with Crippen LogP contribution >= 0.6 is 0 Å². The van der Waals surface area contributed by atoms with E-state index in [9.17, 15) is 4.79 Å². The maximum atomic E-state index is 12.1. The van der Waals surface area contributed by atoms with Crippen molar-refractivity contribution in [2.75, 3.05) is 0 Å². The van der Waals surface area contributed by atoms with E-state index in [0.29, 0.717) is 13.1 Å². The smallest absolute Gasteiger partial charge is 0.221 e. The van der Waals surface area contributed by atoms with Crippen molar-refractivity contribution in [1.29, 1.82) is 0 Å². The number of aromatic nitrogens is 3. The van der Waals surface area contributed by atoms with E-state index in [2.05, 4.69) is 34.7 Å². The fourth-order valence-electron chi connectivity index (χ4n) is 3.81. The third kappa shape index (κ3) is 10.6. The third-order valence-corrected chi connectivity index (χ3v) is 5.76. The molecule has 0 saturated carbocycles. The van der Waals surface area contributed by atoms with Crippen LogP contribution in [0.1, 0.15) is 102 Å². The predicted octanol–water partition coefficient (Wildman–Crippen LogP) is 6.85. The molecule has 0 unspecified atom stereocenters. The van der Waals surface area contributed by atoms with Gasteiger partial charge in [0.15, 0.2) is 0 Å². The molecule has 0 aliphatic carbocycles. The van der Waals surface area contributed by atoms with Gasteiger partial charge in [0.05, 0.1) is 5.52 Å². The summed E-state index contributed by atoms with van der Waals surface area (Å²) in [5, 5.41) is 11.2. The molecule has 1 aromatic carbocycles. The van der Waals surface area contributed by atoms with Crippen LogP contribution in [0, 0.1) is 6.92 Å². The first-order chi connectivity index (χ1) is 15.2. The molecule has 172 valence electrons. The number of rotatable bonds is 17. The molecule has 1 N–H and O–H groups in total. The monoisotopic (exact) mass is 426 g/mol. The molecule has 2 rings (SSSR count). The van der Waals surface area contributed by atoms with Crippen molar-refractivity contribution < 1.29 is 4.79 Å². The lowest BCUT2D eigenvalue weighted by Crippen LogP contribution is -2.26. The molecule has 31 heavy (non-hydrogen) atoms. The second-order valence-electron chi connectivity index (χ2n) is 8.67. The van der Waals surface area contributed by atoms with Gasteiger partial charge in [-0.15, -0.1) is 5.10 Å². The number of fused-ring (bicyclic) bond motifs is 1. The Morgan fingerprint density at radius 2 is 1.58 bits per heavy atom. The van der Waals surface area contributed by atoms with Gasteiger partial charge in [-0.05, 0) is 56.7 Å². The number of carbonyl (C=O) groups is 1. The van der Waals surface area contributed by atoms with Crippen LogP contribution in [0.25, 0.3) is 11.0 Å². The summed E-state index contributed by atoms with van der Waals surface area (Å²) in [5.41, 5.74) is 2.98. The molecule has 5 nitrogen and oxygen atoms in total. The van der Waals surface area contributed by atoms with Gasteiger partial charge in [0, 0.05) is 6.42 Å². The highest BCUT2D eigenvalue weighted by atomic mass is 16.1. The number of allylic oxidation sites excluding steroid dienone is 2. The second-order valence-corrected chi connectivity index (χ2v) is 8.67. The van der Waals surface area contributed by atoms with Gasteiger partial charge in [-0.2, -0.15) is 0 Å². The Morgan fingerprint density at radius 3 is 2.29 bits per heavy atom. The van der Waals surface area contributed by atoms with Crippen LogP contribution in [-0.4, -0.2) is 20.9 Å². The molecule has 0 radical (unpaired) electrons. The lowest BCUT2D eigenvalue weighted by Gasteiger charge is -2.06. The fraction of sp³-hybridized carbons (Fsp3) is 0.654. The number of carbonyl (C=O) groups excluding carboxylic acids is 1. The molecule has 0 bridgehead atoms. The first-order valence-corrected chi connectivity index (χ1v) is 12.4. The van der Waals surface area contributed by atoms with Crippen molar-refractivity contribution >= 4 is 16.9 Å². The molecule has 0 spiro atoms. The van der Waals surface area contributed by atoms with E-state index in [1.54, 1.807) is 4.68 Å². The maximum absolute atomic E-state index is 12.1. The summed E-state index contributed by atoms with van der Waals surface area (Å²) >= 11 is 0. The summed E-state index contributed by atoms with van der Waals surface area (Å²) in [6.07, 6.45) is 21.8. The van der Waals surface area contributed by atoms with E-state index in [1.807, 2.05) is 25.1 Å². The first-order valence-electron chi connectivity index (χ1n) is 12.4. The number of hydrogen-bond acceptors (Lipinski definition) is 3. The Bertz CT molecular complexity index is 781. The van der Waals surface area contributed by atoms with Crippen LogP contribution < -0.4 is 5.32 Å². The Kier molecular flexibility index (Phi) is 12.6. The molecule has 1 amide bonds. The highest BCUT2D eigenvalue weighted by molar-refractivity contribution is 5.77. The van der Waals surface area contributed by atoms with Gasteiger partial charge in [0.1, 0.15) is 12.2 Å². The minimum Gasteiger partial charge on any atom is -0.337 e. The van der Waals surface area contributed by atoms with E-state index < -0.39 is 0 Å². The van der Waals surface area contributed by atoms with Crippen LogP contribution in [0.4, 0.5) is 0 Å². The fourth-order valence-corrected chi connectivity index (χ4v) is 3.81. The molecule has 0 atom stereocenters. The van der Waals surface area contributed by atoms with Gasteiger partial charge in [-0.25, -0.2) is 4.68 Å². The largest absolute Gasteiger partial charge is 0.337 e. The van der Waals surface area contributed by atoms with Gasteiger partial charge in [0.25, 0.3) is 0 Å². The minimum absolute atomic E-state index is 0.0911. The van der Waals surface area contributed by atoms with Crippen LogP contribution in [0.5, 0.6) is 0 Å². The zero-order valence-electron chi connectivity index (χ0n) is 19.7. The third-order valence-electron chi connectivity index (χ3n) is 5.76. The standard InChI is InChI=1S/C26H42N4O/c1-3-4-5-6-7-8-9-10-11-12-13-14-15-16-17-18-26(31)27-22-30-25-20-19-23(2)21-24(25)28-29-30/h10-11,19-21H,3-9,12-18,22H2,1-2H3,(H,27,31)/b11-10-. The summed E-state index contributed by atoms with van der Waals surface area (Å²) in [7, 11) is 0. The molecule has 1 heterocycles. The van der Waals surface area contributed by atoms with E-state index in [-0.39, 0.29) is 5.91 Å². The zero-order chi connectivity index (χ0) is 22.2. The number of amides is 1. The SMILES string of the molecule is CCCCCCCC/C=C\CCCCCCCC(=O)NCn1nnc2cc(C)ccc21. The van der Waals surface area contributed by atoms with Crippen LogP contribution in [0.2, 0.25) is 0 Å². The molecule has 1 aromatic heterocycles. The van der Waals surface area contributed by atoms with Crippen molar-refractivity contribution in [2.45, 2.75) is 110 Å². The topological polar surface area (TPSA) is 59.8 Å². The molecular weight excluding hydrogens is 384 g/mol. The van der Waals surface area contributed by atoms with Gasteiger partial charge >= 0.3 is 0 Å². The Balaban J connectivity index is 1.42. The van der Waals surface area contributed by atoms with E-state index >= 15 is 0 Å². The normalized spacial score (nSPS) is 11.5. The van der Waals surface area contributed by atoms with Gasteiger partial charge in [-0.3, -0.25) is 4.79 Å². The van der Waals surface area contributed by atoms with Gasteiger partial charge in [0.2, 0.25) is 5.91 Å². The lowest BCUT2D eigenvalue weighted by molar-refractivity contribution is -0.121. The van der Waals surface area contributed by atoms with Crippen molar-refractivity contribution in [3.63, 3.8) is 0 Å². The molecule has 0 aliphatic rings. The van der Waals surface area contributed by atoms with Crippen LogP contribution in [0.15, 0.2) is 30.4 Å². The number of unbranched alkanes of at least 4 members (excludes halogenated alkanes) is 11. The number of nitrogens with one attached hydrogen (secondary N) is 1. The molecule has 0 aliphatic heterocycles. The average molecular weight is 427 g/mol. The summed E-state index contributed by atoms with van der Waals surface area (Å²) in [6.45, 7) is 4.68. The Labute approximate surface area is 188 Å². The molecule has 5 heteroatoms. The van der Waals surface area contributed by atoms with Crippen molar-refractivity contribution in [3.05, 3.63) is 35.9 Å². The highest BCUT2D eigenvalue weighted by Gasteiger charge is 2.06. The Morgan fingerprint density at radius 1 is 0.935 bits per heavy atom. The van der Waals surface area contributed by atoms with Crippen LogP contribution in [-0.2, 0) is 11.5 Å². The quantitative estimate of drug-likeness (QED) is 0.222. The molecule has 2 aromatic rings. The summed E-state index contributed by atoms with van der Waals surface area (Å²) in [6, 6.07) is 6.04. The zero-order valence-corrected chi connectivity index (χ0v) is 19.7. The van der Waals surface area contributed by atoms with E-state index in [4.69, 9.17) is 0 Å². The predicted molar refractivity (Wildman–Crippen MR) is 130 cm³/mol. The van der Waals surface area contributed by atoms with E-state index in [1.165, 1.54) is 70.6 Å². The Hall–Kier alpha value is -2.17. The lowest BCUT2D eigenvalue weighted by atomic mass is 10.1. The first kappa shape index (κ1) is 25.1. The maximum Gasteiger partial charge on any atom is 0.221 e. The van der Waals surface area contributed by atoms with E-state index in [0.717, 1.165) is 29.4 Å². The van der Waals surface area contributed by atoms with Gasteiger partial charge < -0.3 is 5.32 Å². The number of nitrogens with zero attached hydrogens (tertiary/aromatic N) is 3. The minimum atomic E-state index is 0.0911. The molecule has 0 fully saturated rings. The highest BCUT2D eigenvalue weighted by Crippen LogP contribution is 2.13. The molecule has 0 saturated heterocycles. The van der Waals surface area contributed by atoms with Crippen molar-refractivity contribution in [2.24, 2.45) is 0 Å². The van der Waals surface area contributed by atoms with Crippen molar-refractivity contribution in [3.8, 4) is 0 Å². The number of hydrogen-bond donors (Lipinski definition) is 1.